The van der Waals surface area contributed by atoms with Crippen molar-refractivity contribution in [2.75, 3.05) is 0 Å². The van der Waals surface area contributed by atoms with E-state index in [4.69, 9.17) is 16.3 Å². The summed E-state index contributed by atoms with van der Waals surface area (Å²) in [5, 5.41) is -0.368. The van der Waals surface area contributed by atoms with Crippen molar-refractivity contribution in [2.45, 2.75) is 18.9 Å². The zero-order valence-electron chi connectivity index (χ0n) is 14.1. The average molecular weight is 430 g/mol. The highest BCUT2D eigenvalue weighted by Crippen LogP contribution is 2.37. The van der Waals surface area contributed by atoms with Crippen LogP contribution in [-0.2, 0) is 11.4 Å². The summed E-state index contributed by atoms with van der Waals surface area (Å²) in [5.41, 5.74) is 3.06. The summed E-state index contributed by atoms with van der Waals surface area (Å²) in [6.07, 6.45) is 0.212. The molecule has 0 aromatic heterocycles. The van der Waals surface area contributed by atoms with Gasteiger partial charge in [-0.2, -0.15) is 0 Å². The van der Waals surface area contributed by atoms with Crippen LogP contribution in [0.25, 0.3) is 0 Å². The molecule has 0 bridgehead atoms. The van der Waals surface area contributed by atoms with Gasteiger partial charge in [0.2, 0.25) is 5.24 Å². The van der Waals surface area contributed by atoms with Crippen molar-refractivity contribution in [3.05, 3.63) is 100 Å². The molecule has 1 atom stereocenters. The van der Waals surface area contributed by atoms with Crippen molar-refractivity contribution in [3.8, 4) is 5.75 Å². The van der Waals surface area contributed by atoms with E-state index in [2.05, 4.69) is 15.9 Å². The third-order valence-corrected chi connectivity index (χ3v) is 4.80. The molecule has 3 rings (SSSR count). The molecule has 4 heteroatoms. The Bertz CT molecular complexity index is 866. The molecule has 0 spiro atoms. The summed E-state index contributed by atoms with van der Waals surface area (Å²) in [7, 11) is 0. The van der Waals surface area contributed by atoms with Crippen molar-refractivity contribution in [1.29, 1.82) is 0 Å². The van der Waals surface area contributed by atoms with E-state index < -0.39 is 0 Å². The Morgan fingerprint density at radius 1 is 0.962 bits per heavy atom. The fourth-order valence-electron chi connectivity index (χ4n) is 2.91. The second-order valence-corrected chi connectivity index (χ2v) is 7.32. The average Bonchev–Trinajstić information content (AvgIpc) is 2.66. The van der Waals surface area contributed by atoms with E-state index in [1.54, 1.807) is 0 Å². The molecule has 0 saturated carbocycles. The van der Waals surface area contributed by atoms with Crippen molar-refractivity contribution >= 4 is 32.8 Å². The smallest absolute Gasteiger partial charge is 0.222 e. The van der Waals surface area contributed by atoms with Crippen LogP contribution < -0.4 is 4.74 Å². The van der Waals surface area contributed by atoms with Crippen LogP contribution in [0.15, 0.2) is 83.3 Å². The minimum atomic E-state index is -0.368. The van der Waals surface area contributed by atoms with Crippen LogP contribution in [0.3, 0.4) is 0 Å². The maximum absolute atomic E-state index is 11.7. The summed E-state index contributed by atoms with van der Waals surface area (Å²) in [6.45, 7) is 0.464. The lowest BCUT2D eigenvalue weighted by Gasteiger charge is -2.20. The van der Waals surface area contributed by atoms with Gasteiger partial charge in [0.1, 0.15) is 12.4 Å². The highest BCUT2D eigenvalue weighted by Gasteiger charge is 2.21. The number of halogens is 2. The quantitative estimate of drug-likeness (QED) is 0.411. The van der Waals surface area contributed by atoms with Crippen LogP contribution in [-0.4, -0.2) is 5.24 Å². The largest absolute Gasteiger partial charge is 0.489 e. The predicted molar refractivity (Wildman–Crippen MR) is 109 cm³/mol. The molecule has 0 amide bonds. The van der Waals surface area contributed by atoms with Gasteiger partial charge in [0, 0.05) is 22.4 Å². The van der Waals surface area contributed by atoms with Gasteiger partial charge in [0.25, 0.3) is 0 Å². The molecular weight excluding hydrogens is 412 g/mol. The number of benzene rings is 3. The molecule has 0 aliphatic rings. The van der Waals surface area contributed by atoms with Gasteiger partial charge in [-0.3, -0.25) is 4.79 Å². The van der Waals surface area contributed by atoms with Gasteiger partial charge < -0.3 is 4.74 Å². The Morgan fingerprint density at radius 3 is 2.27 bits per heavy atom. The van der Waals surface area contributed by atoms with Gasteiger partial charge in [0.05, 0.1) is 0 Å². The SMILES string of the molecule is O=C(Cl)C[C@H](c1ccccc1)c1cc(Br)ccc1OCc1ccccc1. The second-order valence-electron chi connectivity index (χ2n) is 5.98. The van der Waals surface area contributed by atoms with Crippen molar-refractivity contribution in [3.63, 3.8) is 0 Å². The van der Waals surface area contributed by atoms with Crippen LogP contribution in [0.5, 0.6) is 5.75 Å². The minimum absolute atomic E-state index is 0.163. The topological polar surface area (TPSA) is 26.3 Å². The molecule has 132 valence electrons. The first-order chi connectivity index (χ1) is 12.6. The third-order valence-electron chi connectivity index (χ3n) is 4.15. The van der Waals surface area contributed by atoms with Gasteiger partial charge in [0.15, 0.2) is 0 Å². The molecule has 0 fully saturated rings. The van der Waals surface area contributed by atoms with Crippen LogP contribution in [0.4, 0.5) is 0 Å². The molecule has 0 heterocycles. The van der Waals surface area contributed by atoms with Crippen LogP contribution in [0, 0.1) is 0 Å². The first kappa shape index (κ1) is 18.7. The molecule has 26 heavy (non-hydrogen) atoms. The molecular formula is C22H18BrClO2. The Labute approximate surface area is 166 Å². The summed E-state index contributed by atoms with van der Waals surface area (Å²) in [5.74, 6) is 0.591. The Balaban J connectivity index is 1.95. The fraction of sp³-hybridized carbons (Fsp3) is 0.136. The molecule has 3 aromatic rings. The van der Waals surface area contributed by atoms with Crippen molar-refractivity contribution in [2.24, 2.45) is 0 Å². The maximum atomic E-state index is 11.7. The van der Waals surface area contributed by atoms with Crippen LogP contribution in [0.2, 0.25) is 0 Å². The highest BCUT2D eigenvalue weighted by molar-refractivity contribution is 9.10. The Hall–Kier alpha value is -2.10. The fourth-order valence-corrected chi connectivity index (χ4v) is 3.44. The number of hydrogen-bond donors (Lipinski definition) is 0. The molecule has 2 nitrogen and oxygen atoms in total. The van der Waals surface area contributed by atoms with E-state index in [0.717, 1.165) is 26.9 Å². The number of hydrogen-bond acceptors (Lipinski definition) is 2. The van der Waals surface area contributed by atoms with E-state index in [0.29, 0.717) is 6.61 Å². The van der Waals surface area contributed by atoms with Gasteiger partial charge in [-0.25, -0.2) is 0 Å². The maximum Gasteiger partial charge on any atom is 0.222 e. The Kier molecular flexibility index (Phi) is 6.48. The van der Waals surface area contributed by atoms with E-state index in [-0.39, 0.29) is 17.6 Å². The van der Waals surface area contributed by atoms with E-state index in [1.165, 1.54) is 0 Å². The normalized spacial score (nSPS) is 11.8. The first-order valence-corrected chi connectivity index (χ1v) is 9.50. The second kappa shape index (κ2) is 9.02. The Morgan fingerprint density at radius 2 is 1.62 bits per heavy atom. The standard InChI is InChI=1S/C22H18BrClO2/c23-18-11-12-21(26-15-16-7-3-1-4-8-16)20(13-18)19(14-22(24)25)17-9-5-2-6-10-17/h1-13,19H,14-15H2/t19-/m1/s1. The first-order valence-electron chi connectivity index (χ1n) is 8.33. The lowest BCUT2D eigenvalue weighted by atomic mass is 9.88. The molecule has 3 aromatic carbocycles. The van der Waals surface area contributed by atoms with Crippen molar-refractivity contribution < 1.29 is 9.53 Å². The van der Waals surface area contributed by atoms with Crippen molar-refractivity contribution in [1.82, 2.24) is 0 Å². The summed E-state index contributed by atoms with van der Waals surface area (Å²) in [4.78, 5) is 11.7. The summed E-state index contributed by atoms with van der Waals surface area (Å²) in [6, 6.07) is 25.8. The number of rotatable bonds is 7. The molecule has 0 N–H and O–H groups in total. The zero-order chi connectivity index (χ0) is 18.4. The molecule has 0 saturated heterocycles. The van der Waals surface area contributed by atoms with E-state index in [1.807, 2.05) is 78.9 Å². The zero-order valence-corrected chi connectivity index (χ0v) is 16.4. The molecule has 0 aliphatic carbocycles. The number of carbonyl (C=O) groups excluding carboxylic acids is 1. The molecule has 0 aliphatic heterocycles. The highest BCUT2D eigenvalue weighted by atomic mass is 79.9. The van der Waals surface area contributed by atoms with E-state index in [9.17, 15) is 4.79 Å². The van der Waals surface area contributed by atoms with Gasteiger partial charge >= 0.3 is 0 Å². The van der Waals surface area contributed by atoms with Gasteiger partial charge in [-0.15, -0.1) is 0 Å². The molecule has 0 radical (unpaired) electrons. The van der Waals surface area contributed by atoms with Gasteiger partial charge in [-0.05, 0) is 40.9 Å². The molecule has 0 unspecified atom stereocenters. The predicted octanol–water partition coefficient (Wildman–Crippen LogP) is 6.32. The van der Waals surface area contributed by atoms with Crippen LogP contribution in [0.1, 0.15) is 29.0 Å². The lowest BCUT2D eigenvalue weighted by Crippen LogP contribution is -2.08. The van der Waals surface area contributed by atoms with Crippen LogP contribution >= 0.6 is 27.5 Å². The lowest BCUT2D eigenvalue weighted by molar-refractivity contribution is -0.111. The van der Waals surface area contributed by atoms with E-state index >= 15 is 0 Å². The minimum Gasteiger partial charge on any atom is -0.489 e. The monoisotopic (exact) mass is 428 g/mol. The summed E-state index contributed by atoms with van der Waals surface area (Å²) < 4.78 is 7.02. The number of carbonyl (C=O) groups is 1. The van der Waals surface area contributed by atoms with Gasteiger partial charge in [-0.1, -0.05) is 76.6 Å². The summed E-state index contributed by atoms with van der Waals surface area (Å²) >= 11 is 9.27. The third kappa shape index (κ3) is 4.96. The number of ether oxygens (including phenoxy) is 1.